The lowest BCUT2D eigenvalue weighted by molar-refractivity contribution is -0.384. The smallest absolute Gasteiger partial charge is 0.335 e. The van der Waals surface area contributed by atoms with Gasteiger partial charge in [-0.3, -0.25) is 14.9 Å². The van der Waals surface area contributed by atoms with Crippen molar-refractivity contribution in [3.8, 4) is 0 Å². The molecule has 1 atom stereocenters. The van der Waals surface area contributed by atoms with Crippen molar-refractivity contribution < 1.29 is 22.9 Å². The molecule has 2 aromatic rings. The average Bonchev–Trinajstić information content (AvgIpc) is 2.59. The zero-order valence-electron chi connectivity index (χ0n) is 13.4. The second-order valence-corrected chi connectivity index (χ2v) is 5.49. The molecule has 0 N–H and O–H groups in total. The van der Waals surface area contributed by atoms with E-state index in [1.807, 2.05) is 0 Å². The summed E-state index contributed by atoms with van der Waals surface area (Å²) in [6.07, 6.45) is -4.65. The molecule has 0 aromatic heterocycles. The van der Waals surface area contributed by atoms with Gasteiger partial charge in [0, 0.05) is 19.2 Å². The normalized spacial score (nSPS) is 12.5. The van der Waals surface area contributed by atoms with E-state index in [1.54, 1.807) is 13.0 Å². The van der Waals surface area contributed by atoms with Gasteiger partial charge in [0.1, 0.15) is 0 Å². The summed E-state index contributed by atoms with van der Waals surface area (Å²) in [5, 5.41) is 10.9. The van der Waals surface area contributed by atoms with Gasteiger partial charge in [-0.15, -0.1) is 0 Å². The number of halogens is 3. The minimum Gasteiger partial charge on any atom is -0.335 e. The van der Waals surface area contributed by atoms with Gasteiger partial charge in [0.15, 0.2) is 0 Å². The molecule has 0 bridgehead atoms. The Morgan fingerprint density at radius 2 is 1.80 bits per heavy atom. The number of nitrogens with zero attached hydrogens (tertiary/aromatic N) is 2. The molecular formula is C17H15F3N2O3. The van der Waals surface area contributed by atoms with E-state index < -0.39 is 34.2 Å². The zero-order chi connectivity index (χ0) is 18.8. The quantitative estimate of drug-likeness (QED) is 0.603. The van der Waals surface area contributed by atoms with Crippen LogP contribution in [-0.4, -0.2) is 22.8 Å². The van der Waals surface area contributed by atoms with E-state index in [1.165, 1.54) is 37.4 Å². The van der Waals surface area contributed by atoms with Gasteiger partial charge in [0.25, 0.3) is 11.6 Å². The summed E-state index contributed by atoms with van der Waals surface area (Å²) >= 11 is 0. The predicted octanol–water partition coefficient (Wildman–Crippen LogP) is 4.45. The standard InChI is InChI=1S/C17H15F3N2O3/c1-11(12-6-5-7-13(10-12)22(24)25)21(2)16(23)14-8-3-4-9-15(14)17(18,19)20/h3-11H,1-2H3/t11-/m1/s1. The minimum absolute atomic E-state index is 0.152. The first-order valence-electron chi connectivity index (χ1n) is 7.30. The van der Waals surface area contributed by atoms with Crippen LogP contribution in [0.15, 0.2) is 48.5 Å². The molecule has 0 saturated heterocycles. The highest BCUT2D eigenvalue weighted by molar-refractivity contribution is 5.96. The number of alkyl halides is 3. The molecule has 132 valence electrons. The van der Waals surface area contributed by atoms with Crippen LogP contribution in [0, 0.1) is 10.1 Å². The fourth-order valence-electron chi connectivity index (χ4n) is 2.40. The predicted molar refractivity (Wildman–Crippen MR) is 85.0 cm³/mol. The first-order valence-corrected chi connectivity index (χ1v) is 7.30. The number of hydrogen-bond acceptors (Lipinski definition) is 3. The molecule has 8 heteroatoms. The maximum absolute atomic E-state index is 13.1. The van der Waals surface area contributed by atoms with Crippen molar-refractivity contribution in [3.63, 3.8) is 0 Å². The van der Waals surface area contributed by atoms with E-state index in [0.29, 0.717) is 5.56 Å². The molecule has 0 aliphatic heterocycles. The van der Waals surface area contributed by atoms with Crippen molar-refractivity contribution in [1.29, 1.82) is 0 Å². The molecular weight excluding hydrogens is 337 g/mol. The highest BCUT2D eigenvalue weighted by Gasteiger charge is 2.36. The van der Waals surface area contributed by atoms with Crippen LogP contribution < -0.4 is 0 Å². The van der Waals surface area contributed by atoms with E-state index in [0.717, 1.165) is 17.0 Å². The van der Waals surface area contributed by atoms with Crippen LogP contribution in [0.25, 0.3) is 0 Å². The molecule has 5 nitrogen and oxygen atoms in total. The zero-order valence-corrected chi connectivity index (χ0v) is 13.4. The molecule has 2 rings (SSSR count). The highest BCUT2D eigenvalue weighted by atomic mass is 19.4. The van der Waals surface area contributed by atoms with Gasteiger partial charge >= 0.3 is 6.18 Å². The van der Waals surface area contributed by atoms with Crippen LogP contribution in [0.3, 0.4) is 0 Å². The fourth-order valence-corrected chi connectivity index (χ4v) is 2.40. The molecule has 1 amide bonds. The first-order chi connectivity index (χ1) is 11.6. The number of non-ortho nitro benzene ring substituents is 1. The largest absolute Gasteiger partial charge is 0.417 e. The maximum Gasteiger partial charge on any atom is 0.417 e. The van der Waals surface area contributed by atoms with Gasteiger partial charge < -0.3 is 4.90 Å². The molecule has 0 aliphatic rings. The maximum atomic E-state index is 13.1. The second kappa shape index (κ2) is 6.92. The number of nitro benzene ring substituents is 1. The molecule has 2 aromatic carbocycles. The van der Waals surface area contributed by atoms with Gasteiger partial charge in [0.05, 0.1) is 22.1 Å². The van der Waals surface area contributed by atoms with Crippen LogP contribution in [0.1, 0.15) is 34.5 Å². The number of nitro groups is 1. The number of carbonyl (C=O) groups is 1. The average molecular weight is 352 g/mol. The third-order valence-electron chi connectivity index (χ3n) is 3.93. The molecule has 0 saturated carbocycles. The summed E-state index contributed by atoms with van der Waals surface area (Å²) in [7, 11) is 1.36. The van der Waals surface area contributed by atoms with E-state index in [2.05, 4.69) is 0 Å². The summed E-state index contributed by atoms with van der Waals surface area (Å²) in [5.74, 6) is -0.813. The Labute approximate surface area is 141 Å². The van der Waals surface area contributed by atoms with Crippen LogP contribution in [0.2, 0.25) is 0 Å². The minimum atomic E-state index is -4.65. The van der Waals surface area contributed by atoms with Crippen LogP contribution in [0.4, 0.5) is 18.9 Å². The number of benzene rings is 2. The SMILES string of the molecule is C[C@H](c1cccc([N+](=O)[O-])c1)N(C)C(=O)c1ccccc1C(F)(F)F. The molecule has 0 unspecified atom stereocenters. The first kappa shape index (κ1) is 18.4. The van der Waals surface area contributed by atoms with Gasteiger partial charge in [-0.05, 0) is 24.6 Å². The number of amides is 1. The van der Waals surface area contributed by atoms with Gasteiger partial charge in [0.2, 0.25) is 0 Å². The van der Waals surface area contributed by atoms with E-state index in [4.69, 9.17) is 0 Å². The van der Waals surface area contributed by atoms with Gasteiger partial charge in [-0.25, -0.2) is 0 Å². The van der Waals surface area contributed by atoms with Crippen molar-refractivity contribution in [3.05, 3.63) is 75.3 Å². The number of rotatable bonds is 4. The second-order valence-electron chi connectivity index (χ2n) is 5.49. The lowest BCUT2D eigenvalue weighted by atomic mass is 10.0. The summed E-state index contributed by atoms with van der Waals surface area (Å²) in [6.45, 7) is 1.59. The van der Waals surface area contributed by atoms with Crippen molar-refractivity contribution >= 4 is 11.6 Å². The Kier molecular flexibility index (Phi) is 5.10. The van der Waals surface area contributed by atoms with Crippen LogP contribution >= 0.6 is 0 Å². The lowest BCUT2D eigenvalue weighted by Crippen LogP contribution is -2.31. The van der Waals surface area contributed by atoms with Gasteiger partial charge in [-0.2, -0.15) is 13.2 Å². The number of hydrogen-bond donors (Lipinski definition) is 0. The Morgan fingerprint density at radius 1 is 1.16 bits per heavy atom. The molecule has 0 radical (unpaired) electrons. The van der Waals surface area contributed by atoms with Gasteiger partial charge in [-0.1, -0.05) is 24.3 Å². The monoisotopic (exact) mass is 352 g/mol. The molecule has 0 aliphatic carbocycles. The lowest BCUT2D eigenvalue weighted by Gasteiger charge is -2.26. The molecule has 0 spiro atoms. The Balaban J connectivity index is 2.35. The topological polar surface area (TPSA) is 63.5 Å². The van der Waals surface area contributed by atoms with E-state index >= 15 is 0 Å². The third kappa shape index (κ3) is 3.96. The summed E-state index contributed by atoms with van der Waals surface area (Å²) in [6, 6.07) is 9.52. The van der Waals surface area contributed by atoms with Crippen LogP contribution in [0.5, 0.6) is 0 Å². The highest BCUT2D eigenvalue weighted by Crippen LogP contribution is 2.33. The Bertz CT molecular complexity index is 806. The summed E-state index contributed by atoms with van der Waals surface area (Å²) in [5.41, 5.74) is -1.18. The van der Waals surface area contributed by atoms with Crippen molar-refractivity contribution in [2.45, 2.75) is 19.1 Å². The Hall–Kier alpha value is -2.90. The molecule has 0 fully saturated rings. The summed E-state index contributed by atoms with van der Waals surface area (Å²) < 4.78 is 39.3. The van der Waals surface area contributed by atoms with Crippen LogP contribution in [-0.2, 0) is 6.18 Å². The third-order valence-corrected chi connectivity index (χ3v) is 3.93. The van der Waals surface area contributed by atoms with Crippen molar-refractivity contribution in [2.75, 3.05) is 7.05 Å². The molecule has 0 heterocycles. The number of carbonyl (C=O) groups excluding carboxylic acids is 1. The fraction of sp³-hybridized carbons (Fsp3) is 0.235. The van der Waals surface area contributed by atoms with Crippen molar-refractivity contribution in [2.24, 2.45) is 0 Å². The summed E-state index contributed by atoms with van der Waals surface area (Å²) in [4.78, 5) is 23.9. The van der Waals surface area contributed by atoms with E-state index in [-0.39, 0.29) is 5.69 Å². The van der Waals surface area contributed by atoms with E-state index in [9.17, 15) is 28.1 Å². The Morgan fingerprint density at radius 3 is 2.40 bits per heavy atom. The molecule has 25 heavy (non-hydrogen) atoms. The van der Waals surface area contributed by atoms with Crippen molar-refractivity contribution in [1.82, 2.24) is 4.90 Å².